The Morgan fingerprint density at radius 2 is 1.10 bits per heavy atom. The lowest BCUT2D eigenvalue weighted by Crippen LogP contribution is -2.64. The third-order valence-corrected chi connectivity index (χ3v) is 12.1. The van der Waals surface area contributed by atoms with E-state index >= 15 is 0 Å². The van der Waals surface area contributed by atoms with Crippen molar-refractivity contribution in [2.75, 3.05) is 113 Å². The first kappa shape index (κ1) is 69.1. The van der Waals surface area contributed by atoms with Gasteiger partial charge in [-0.3, -0.25) is 38.5 Å². The van der Waals surface area contributed by atoms with E-state index in [1.165, 1.54) is 18.7 Å². The molecule has 456 valence electrons. The number of benzene rings is 1. The molecule has 0 aromatic heterocycles. The van der Waals surface area contributed by atoms with Crippen LogP contribution in [0.3, 0.4) is 0 Å². The smallest absolute Gasteiger partial charge is 0.237 e. The van der Waals surface area contributed by atoms with Crippen LogP contribution in [-0.2, 0) is 89.2 Å². The number of methoxy groups -OCH3 is 1. The number of rotatable bonds is 41. The SMILES string of the molecule is COC(O)C(O)C(NC=O)OCCOCCNC(=O)CN(CC(=O)NCCOCCOC1OC(CO)C(O)C(O)C1NC(C)=O)C(Cc1ccc(CNC=O)cc1)C(=O)NCCOCCOC1OC(CO)C(O)C(O)C1NC(C)=O. The summed E-state index contributed by atoms with van der Waals surface area (Å²) in [5.41, 5.74) is 1.36. The standard InChI is InChI=1S/C48H80N8O24/c1-28(61)54-37-41(67)39(65)33(24-57)79-47(37)77-18-15-74-12-9-51-36(64)23-56(22-35(63)50-8-11-73-14-17-76-45(53-27-60)43(69)46(71)72-3)32(20-30-4-6-31(7-5-30)21-49-26-59)44(70)52-10-13-75-16-19-78-48-38(55-29(2)62)42(68)40(66)34(25-58)80-48/h4-7,26-27,32-34,37-43,45-48,57-58,65-69,71H,8-25H2,1-3H3,(H,49,59)(H,50,63)(H,51,64)(H,52,70)(H,53,60)(H,54,61)(H,55,62). The molecule has 14 unspecified atom stereocenters. The maximum atomic E-state index is 14.2. The van der Waals surface area contributed by atoms with Crippen LogP contribution in [0.15, 0.2) is 24.3 Å². The second kappa shape index (κ2) is 38.5. The molecule has 2 saturated heterocycles. The third-order valence-electron chi connectivity index (χ3n) is 12.1. The normalized spacial score (nSPS) is 24.4. The largest absolute Gasteiger partial charge is 0.394 e. The molecule has 0 aliphatic carbocycles. The maximum Gasteiger partial charge on any atom is 0.237 e. The Bertz CT molecular complexity index is 1990. The lowest BCUT2D eigenvalue weighted by Gasteiger charge is -2.42. The molecule has 2 aliphatic heterocycles. The summed E-state index contributed by atoms with van der Waals surface area (Å²) < 4.78 is 49.2. The van der Waals surface area contributed by atoms with E-state index in [9.17, 15) is 74.4 Å². The summed E-state index contributed by atoms with van der Waals surface area (Å²) in [7, 11) is 1.14. The van der Waals surface area contributed by atoms with Gasteiger partial charge in [-0.15, -0.1) is 0 Å². The summed E-state index contributed by atoms with van der Waals surface area (Å²) in [4.78, 5) is 88.2. The van der Waals surface area contributed by atoms with Crippen LogP contribution >= 0.6 is 0 Å². The monoisotopic (exact) mass is 1150 g/mol. The van der Waals surface area contributed by atoms with Crippen molar-refractivity contribution < 1.29 is 117 Å². The van der Waals surface area contributed by atoms with Crippen LogP contribution in [0.4, 0.5) is 0 Å². The average molecular weight is 1150 g/mol. The van der Waals surface area contributed by atoms with Crippen LogP contribution in [0, 0.1) is 0 Å². The van der Waals surface area contributed by atoms with Crippen molar-refractivity contribution in [3.05, 3.63) is 35.4 Å². The number of amides is 7. The van der Waals surface area contributed by atoms with Gasteiger partial charge in [-0.2, -0.15) is 0 Å². The molecule has 0 radical (unpaired) electrons. The zero-order valence-corrected chi connectivity index (χ0v) is 44.8. The van der Waals surface area contributed by atoms with Crippen LogP contribution in [0.2, 0.25) is 0 Å². The number of carbonyl (C=O) groups is 7. The van der Waals surface area contributed by atoms with Crippen molar-refractivity contribution >= 4 is 42.4 Å². The average Bonchev–Trinajstić information content (AvgIpc) is 3.43. The molecule has 32 heteroatoms. The molecule has 2 heterocycles. The van der Waals surface area contributed by atoms with Crippen LogP contribution in [0.25, 0.3) is 0 Å². The predicted octanol–water partition coefficient (Wildman–Crippen LogP) is -9.12. The molecule has 1 aromatic carbocycles. The summed E-state index contributed by atoms with van der Waals surface area (Å²) in [5, 5.41) is 98.5. The predicted molar refractivity (Wildman–Crippen MR) is 270 cm³/mol. The van der Waals surface area contributed by atoms with E-state index in [1.54, 1.807) is 24.3 Å². The second-order valence-corrected chi connectivity index (χ2v) is 18.1. The highest BCUT2D eigenvalue weighted by molar-refractivity contribution is 5.86. The van der Waals surface area contributed by atoms with Crippen LogP contribution in [0.5, 0.6) is 0 Å². The molecule has 15 N–H and O–H groups in total. The van der Waals surface area contributed by atoms with Crippen LogP contribution in [0.1, 0.15) is 25.0 Å². The summed E-state index contributed by atoms with van der Waals surface area (Å²) in [5.74, 6) is -2.91. The number of hydrogen-bond acceptors (Lipinski definition) is 25. The quantitative estimate of drug-likeness (QED) is 0.0164. The molecular weight excluding hydrogens is 1070 g/mol. The summed E-state index contributed by atoms with van der Waals surface area (Å²) >= 11 is 0. The van der Waals surface area contributed by atoms with Crippen molar-refractivity contribution in [2.24, 2.45) is 0 Å². The van der Waals surface area contributed by atoms with E-state index in [0.717, 1.165) is 12.7 Å². The lowest BCUT2D eigenvalue weighted by molar-refractivity contribution is -0.272. The molecule has 7 amide bonds. The van der Waals surface area contributed by atoms with E-state index in [0.29, 0.717) is 12.0 Å². The molecule has 2 fully saturated rings. The Kier molecular flexibility index (Phi) is 33.2. The minimum Gasteiger partial charge on any atom is -0.394 e. The van der Waals surface area contributed by atoms with Crippen LogP contribution in [-0.4, -0.2) is 287 Å². The van der Waals surface area contributed by atoms with Gasteiger partial charge >= 0.3 is 0 Å². The van der Waals surface area contributed by atoms with Gasteiger partial charge in [0.15, 0.2) is 25.1 Å². The zero-order valence-electron chi connectivity index (χ0n) is 44.8. The number of carbonyl (C=O) groups excluding carboxylic acids is 7. The fraction of sp³-hybridized carbons (Fsp3) is 0.729. The molecule has 14 atom stereocenters. The Labute approximate surface area is 461 Å². The molecule has 0 spiro atoms. The topological polar surface area (TPSA) is 452 Å². The summed E-state index contributed by atoms with van der Waals surface area (Å²) in [6.45, 7) is -0.644. The number of aliphatic hydroxyl groups is 8. The fourth-order valence-corrected chi connectivity index (χ4v) is 8.02. The molecular formula is C48H80N8O24. The van der Waals surface area contributed by atoms with Gasteiger partial charge in [0.1, 0.15) is 54.8 Å². The number of aliphatic hydroxyl groups excluding tert-OH is 8. The number of hydrogen-bond donors (Lipinski definition) is 15. The van der Waals surface area contributed by atoms with Gasteiger partial charge in [0.05, 0.1) is 91.8 Å². The first-order valence-corrected chi connectivity index (χ1v) is 25.6. The molecule has 0 saturated carbocycles. The molecule has 0 bridgehead atoms. The van der Waals surface area contributed by atoms with Gasteiger partial charge in [0, 0.05) is 47.1 Å². The molecule has 1 aromatic rings. The van der Waals surface area contributed by atoms with E-state index in [2.05, 4.69) is 42.0 Å². The number of nitrogens with one attached hydrogen (secondary N) is 7. The number of nitrogens with zero attached hydrogens (tertiary/aromatic N) is 1. The Morgan fingerprint density at radius 1 is 0.637 bits per heavy atom. The molecule has 3 rings (SSSR count). The summed E-state index contributed by atoms with van der Waals surface area (Å²) in [6, 6.07) is 3.37. The van der Waals surface area contributed by atoms with Crippen molar-refractivity contribution in [3.63, 3.8) is 0 Å². The van der Waals surface area contributed by atoms with Gasteiger partial charge in [-0.1, -0.05) is 24.3 Å². The van der Waals surface area contributed by atoms with Crippen molar-refractivity contribution in [3.8, 4) is 0 Å². The fourth-order valence-electron chi connectivity index (χ4n) is 8.02. The highest BCUT2D eigenvalue weighted by atomic mass is 16.7. The van der Waals surface area contributed by atoms with E-state index < -0.39 is 142 Å². The molecule has 32 nitrogen and oxygen atoms in total. The van der Waals surface area contributed by atoms with Crippen molar-refractivity contribution in [1.29, 1.82) is 0 Å². The molecule has 2 aliphatic rings. The number of ether oxygens (including phenoxy) is 9. The zero-order chi connectivity index (χ0) is 59.0. The first-order valence-electron chi connectivity index (χ1n) is 25.6. The Balaban J connectivity index is 1.69. The van der Waals surface area contributed by atoms with Crippen LogP contribution < -0.4 is 37.2 Å². The highest BCUT2D eigenvalue weighted by Gasteiger charge is 2.46. The van der Waals surface area contributed by atoms with E-state index in [4.69, 9.17) is 37.9 Å². The maximum absolute atomic E-state index is 14.2. The first-order chi connectivity index (χ1) is 38.4. The lowest BCUT2D eigenvalue weighted by atomic mass is 9.97. The van der Waals surface area contributed by atoms with E-state index in [-0.39, 0.29) is 98.5 Å². The molecule has 80 heavy (non-hydrogen) atoms. The van der Waals surface area contributed by atoms with Gasteiger partial charge in [0.2, 0.25) is 42.4 Å². The highest BCUT2D eigenvalue weighted by Crippen LogP contribution is 2.24. The summed E-state index contributed by atoms with van der Waals surface area (Å²) in [6.07, 6.45) is -14.8. The second-order valence-electron chi connectivity index (χ2n) is 18.1. The minimum absolute atomic E-state index is 0.0282. The van der Waals surface area contributed by atoms with Gasteiger partial charge in [0.25, 0.3) is 0 Å². The van der Waals surface area contributed by atoms with Gasteiger partial charge in [-0.05, 0) is 17.5 Å². The van der Waals surface area contributed by atoms with Crippen molar-refractivity contribution in [1.82, 2.24) is 42.1 Å². The van der Waals surface area contributed by atoms with Gasteiger partial charge in [-0.25, -0.2) is 0 Å². The third kappa shape index (κ3) is 24.5. The van der Waals surface area contributed by atoms with E-state index in [1.807, 2.05) is 0 Å². The van der Waals surface area contributed by atoms with Gasteiger partial charge < -0.3 is 121 Å². The minimum atomic E-state index is -1.66. The van der Waals surface area contributed by atoms with Crippen molar-refractivity contribution in [2.45, 2.75) is 113 Å². The Hall–Kier alpha value is -5.21. The Morgan fingerprint density at radius 3 is 1.54 bits per heavy atom.